The number of rotatable bonds is 3. The van der Waals surface area contributed by atoms with E-state index in [-0.39, 0.29) is 11.5 Å². The van der Waals surface area contributed by atoms with Crippen LogP contribution in [-0.2, 0) is 4.79 Å². The Morgan fingerprint density at radius 1 is 1.50 bits per heavy atom. The maximum absolute atomic E-state index is 11.8. The van der Waals surface area contributed by atoms with E-state index in [1.54, 1.807) is 25.1 Å². The van der Waals surface area contributed by atoms with Crippen LogP contribution in [0.1, 0.15) is 6.92 Å². The van der Waals surface area contributed by atoms with Crippen LogP contribution in [-0.4, -0.2) is 21.9 Å². The van der Waals surface area contributed by atoms with E-state index in [2.05, 4.69) is 15.3 Å². The molecule has 1 aromatic carbocycles. The Morgan fingerprint density at radius 2 is 2.22 bits per heavy atom. The lowest BCUT2D eigenvalue weighted by Gasteiger charge is -2.10. The summed E-state index contributed by atoms with van der Waals surface area (Å²) in [5, 5.41) is 3.11. The van der Waals surface area contributed by atoms with E-state index in [1.165, 1.54) is 0 Å². The minimum atomic E-state index is -0.626. The van der Waals surface area contributed by atoms with Gasteiger partial charge in [-0.2, -0.15) is 0 Å². The van der Waals surface area contributed by atoms with Crippen molar-refractivity contribution in [2.75, 3.05) is 11.1 Å². The fraction of sp³-hybridized carbons (Fsp3) is 0.182. The number of hydrogen-bond donors (Lipinski definition) is 4. The van der Waals surface area contributed by atoms with Gasteiger partial charge in [0.25, 0.3) is 5.56 Å². The van der Waals surface area contributed by atoms with Gasteiger partial charge in [-0.1, -0.05) is 0 Å². The monoisotopic (exact) mass is 247 g/mol. The summed E-state index contributed by atoms with van der Waals surface area (Å²) < 4.78 is 0. The fourth-order valence-electron chi connectivity index (χ4n) is 1.50. The van der Waals surface area contributed by atoms with Crippen LogP contribution in [0.25, 0.3) is 10.9 Å². The van der Waals surface area contributed by atoms with Gasteiger partial charge in [0.1, 0.15) is 6.04 Å². The van der Waals surface area contributed by atoms with E-state index in [4.69, 9.17) is 11.5 Å². The molecular formula is C11H13N5O2. The van der Waals surface area contributed by atoms with E-state index in [0.29, 0.717) is 16.6 Å². The van der Waals surface area contributed by atoms with Gasteiger partial charge < -0.3 is 16.8 Å². The molecule has 0 aliphatic heterocycles. The number of benzene rings is 1. The number of aromatic nitrogens is 2. The number of primary amides is 1. The highest BCUT2D eigenvalue weighted by Crippen LogP contribution is 2.12. The molecule has 94 valence electrons. The number of nitrogens with two attached hydrogens (primary N) is 2. The number of anilines is 2. The highest BCUT2D eigenvalue weighted by molar-refractivity contribution is 5.84. The molecule has 0 fully saturated rings. The fourth-order valence-corrected chi connectivity index (χ4v) is 1.50. The highest BCUT2D eigenvalue weighted by Gasteiger charge is 2.10. The molecule has 2 aromatic rings. The van der Waals surface area contributed by atoms with Crippen LogP contribution in [0.3, 0.4) is 0 Å². The average molecular weight is 247 g/mol. The van der Waals surface area contributed by atoms with Gasteiger partial charge >= 0.3 is 0 Å². The van der Waals surface area contributed by atoms with Gasteiger partial charge in [0.05, 0.1) is 10.9 Å². The van der Waals surface area contributed by atoms with Crippen LogP contribution >= 0.6 is 0 Å². The molecular weight excluding hydrogens is 234 g/mol. The first kappa shape index (κ1) is 11.9. The van der Waals surface area contributed by atoms with E-state index in [0.717, 1.165) is 0 Å². The Kier molecular flexibility index (Phi) is 2.88. The first-order chi connectivity index (χ1) is 8.47. The molecule has 7 nitrogen and oxygen atoms in total. The predicted molar refractivity (Wildman–Crippen MR) is 69.1 cm³/mol. The number of carbonyl (C=O) groups is 1. The number of fused-ring (bicyclic) bond motifs is 1. The SMILES string of the molecule is CC(Nc1nc2ccc(N)cc2c(=O)[nH]1)C(N)=O. The largest absolute Gasteiger partial charge is 0.399 e. The second-order valence-corrected chi connectivity index (χ2v) is 3.96. The molecule has 1 aromatic heterocycles. The molecule has 1 unspecified atom stereocenters. The topological polar surface area (TPSA) is 127 Å². The van der Waals surface area contributed by atoms with Crippen LogP contribution in [0.4, 0.5) is 11.6 Å². The summed E-state index contributed by atoms with van der Waals surface area (Å²) in [6, 6.07) is 4.21. The van der Waals surface area contributed by atoms with Crippen molar-refractivity contribution in [3.63, 3.8) is 0 Å². The minimum absolute atomic E-state index is 0.198. The van der Waals surface area contributed by atoms with E-state index < -0.39 is 11.9 Å². The smallest absolute Gasteiger partial charge is 0.260 e. The van der Waals surface area contributed by atoms with Gasteiger partial charge in [-0.05, 0) is 25.1 Å². The van der Waals surface area contributed by atoms with Crippen molar-refractivity contribution in [1.29, 1.82) is 0 Å². The summed E-state index contributed by atoms with van der Waals surface area (Å²) in [4.78, 5) is 29.4. The van der Waals surface area contributed by atoms with Gasteiger partial charge in [0.15, 0.2) is 0 Å². The number of nitrogen functional groups attached to an aromatic ring is 1. The normalized spacial score (nSPS) is 12.3. The van der Waals surface area contributed by atoms with Gasteiger partial charge in [-0.3, -0.25) is 14.6 Å². The minimum Gasteiger partial charge on any atom is -0.399 e. The standard InChI is InChI=1S/C11H13N5O2/c1-5(9(13)17)14-11-15-8-3-2-6(12)4-7(8)10(18)16-11/h2-5H,12H2,1H3,(H2,13,17)(H2,14,15,16,18). The molecule has 1 atom stereocenters. The lowest BCUT2D eigenvalue weighted by Crippen LogP contribution is -2.33. The lowest BCUT2D eigenvalue weighted by molar-refractivity contribution is -0.118. The highest BCUT2D eigenvalue weighted by atomic mass is 16.1. The van der Waals surface area contributed by atoms with Crippen molar-refractivity contribution in [1.82, 2.24) is 9.97 Å². The quantitative estimate of drug-likeness (QED) is 0.558. The Morgan fingerprint density at radius 3 is 2.89 bits per heavy atom. The third-order valence-corrected chi connectivity index (χ3v) is 2.51. The number of hydrogen-bond acceptors (Lipinski definition) is 5. The Balaban J connectivity index is 2.46. The van der Waals surface area contributed by atoms with Gasteiger partial charge in [0, 0.05) is 5.69 Å². The third-order valence-electron chi connectivity index (χ3n) is 2.51. The van der Waals surface area contributed by atoms with Crippen molar-refractivity contribution in [2.24, 2.45) is 5.73 Å². The summed E-state index contributed by atoms with van der Waals surface area (Å²) in [5.74, 6) is -0.335. The maximum atomic E-state index is 11.8. The molecule has 0 radical (unpaired) electrons. The number of H-pyrrole nitrogens is 1. The number of amides is 1. The van der Waals surface area contributed by atoms with Crippen LogP contribution in [0.15, 0.2) is 23.0 Å². The maximum Gasteiger partial charge on any atom is 0.260 e. The Bertz CT molecular complexity index is 664. The summed E-state index contributed by atoms with van der Waals surface area (Å²) >= 11 is 0. The molecule has 0 spiro atoms. The van der Waals surface area contributed by atoms with Gasteiger partial charge in [-0.25, -0.2) is 4.98 Å². The second-order valence-electron chi connectivity index (χ2n) is 3.96. The summed E-state index contributed by atoms with van der Waals surface area (Å²) in [6.45, 7) is 1.58. The Hall–Kier alpha value is -2.57. The molecule has 0 aliphatic carbocycles. The van der Waals surface area contributed by atoms with Crippen molar-refractivity contribution in [3.8, 4) is 0 Å². The zero-order chi connectivity index (χ0) is 13.3. The molecule has 0 saturated heterocycles. The van der Waals surface area contributed by atoms with Crippen LogP contribution in [0, 0.1) is 0 Å². The number of nitrogens with one attached hydrogen (secondary N) is 2. The van der Waals surface area contributed by atoms with Crippen molar-refractivity contribution < 1.29 is 4.79 Å². The Labute approximate surface area is 102 Å². The average Bonchev–Trinajstić information content (AvgIpc) is 2.30. The van der Waals surface area contributed by atoms with Gasteiger partial charge in [0.2, 0.25) is 11.9 Å². The van der Waals surface area contributed by atoms with Crippen LogP contribution in [0.2, 0.25) is 0 Å². The van der Waals surface area contributed by atoms with Gasteiger partial charge in [-0.15, -0.1) is 0 Å². The van der Waals surface area contributed by atoms with Crippen molar-refractivity contribution in [2.45, 2.75) is 13.0 Å². The third kappa shape index (κ3) is 2.24. The molecule has 18 heavy (non-hydrogen) atoms. The van der Waals surface area contributed by atoms with E-state index in [1.807, 2.05) is 0 Å². The molecule has 1 amide bonds. The second kappa shape index (κ2) is 4.36. The van der Waals surface area contributed by atoms with Crippen molar-refractivity contribution >= 4 is 28.4 Å². The molecule has 1 heterocycles. The molecule has 0 saturated carbocycles. The zero-order valence-electron chi connectivity index (χ0n) is 9.73. The number of aromatic amines is 1. The molecule has 0 bridgehead atoms. The number of carbonyl (C=O) groups excluding carboxylic acids is 1. The lowest BCUT2D eigenvalue weighted by atomic mass is 10.2. The molecule has 6 N–H and O–H groups in total. The first-order valence-electron chi connectivity index (χ1n) is 5.33. The van der Waals surface area contributed by atoms with Crippen LogP contribution in [0.5, 0.6) is 0 Å². The zero-order valence-corrected chi connectivity index (χ0v) is 9.73. The number of nitrogens with zero attached hydrogens (tertiary/aromatic N) is 1. The summed E-state index contributed by atoms with van der Waals surface area (Å²) in [7, 11) is 0. The summed E-state index contributed by atoms with van der Waals surface area (Å²) in [6.07, 6.45) is 0. The molecule has 7 heteroatoms. The van der Waals surface area contributed by atoms with E-state index in [9.17, 15) is 9.59 Å². The first-order valence-corrected chi connectivity index (χ1v) is 5.33. The summed E-state index contributed by atoms with van der Waals surface area (Å²) in [5.41, 5.74) is 11.4. The van der Waals surface area contributed by atoms with E-state index >= 15 is 0 Å². The van der Waals surface area contributed by atoms with Crippen molar-refractivity contribution in [3.05, 3.63) is 28.6 Å². The predicted octanol–water partition coefficient (Wildman–Crippen LogP) is -0.209. The molecule has 0 aliphatic rings. The molecule has 2 rings (SSSR count). The van der Waals surface area contributed by atoms with Crippen LogP contribution < -0.4 is 22.3 Å².